The lowest BCUT2D eigenvalue weighted by atomic mass is 9.96. The molecule has 4 heteroatoms. The fourth-order valence-corrected chi connectivity index (χ4v) is 11.2. The largest absolute Gasteiger partial charge is 0.309 e. The van der Waals surface area contributed by atoms with Crippen LogP contribution in [0.1, 0.15) is 0 Å². The summed E-state index contributed by atoms with van der Waals surface area (Å²) in [5.41, 5.74) is 13.1. The fraction of sp³-hybridized carbons (Fsp3) is 0. The molecule has 0 saturated heterocycles. The van der Waals surface area contributed by atoms with Gasteiger partial charge in [0.05, 0.1) is 44.8 Å². The van der Waals surface area contributed by atoms with Crippen molar-refractivity contribution in [3.05, 3.63) is 182 Å². The molecule has 15 aromatic rings. The predicted octanol–water partition coefficient (Wildman–Crippen LogP) is 14.5. The van der Waals surface area contributed by atoms with Gasteiger partial charge in [-0.2, -0.15) is 0 Å². The molecule has 6 aromatic heterocycles. The highest BCUT2D eigenvalue weighted by atomic mass is 15.0. The maximum atomic E-state index is 5.50. The molecular weight excluding hydrogens is 717 g/mol. The minimum atomic E-state index is 1.00. The van der Waals surface area contributed by atoms with Crippen LogP contribution in [0.25, 0.3) is 136 Å². The molecule has 9 aromatic carbocycles. The second-order valence-electron chi connectivity index (χ2n) is 16.3. The Balaban J connectivity index is 1.11. The summed E-state index contributed by atoms with van der Waals surface area (Å²) >= 11 is 0. The lowest BCUT2D eigenvalue weighted by Crippen LogP contribution is -1.93. The molecule has 15 rings (SSSR count). The first-order valence-electron chi connectivity index (χ1n) is 20.4. The van der Waals surface area contributed by atoms with E-state index in [1.807, 2.05) is 0 Å². The van der Waals surface area contributed by atoms with Crippen LogP contribution in [0.15, 0.2) is 182 Å². The summed E-state index contributed by atoms with van der Waals surface area (Å²) in [4.78, 5) is 5.50. The molecule has 4 nitrogen and oxygen atoms in total. The number of rotatable bonds is 2. The van der Waals surface area contributed by atoms with E-state index in [0.29, 0.717) is 0 Å². The Bertz CT molecular complexity index is 4300. The number of pyridine rings is 1. The molecule has 0 N–H and O–H groups in total. The lowest BCUT2D eigenvalue weighted by molar-refractivity contribution is 1.18. The zero-order chi connectivity index (χ0) is 38.1. The van der Waals surface area contributed by atoms with Gasteiger partial charge < -0.3 is 8.97 Å². The number of aromatic nitrogens is 4. The number of hydrogen-bond donors (Lipinski definition) is 0. The van der Waals surface area contributed by atoms with Crippen LogP contribution in [0.5, 0.6) is 0 Å². The molecule has 0 atom stereocenters. The first-order chi connectivity index (χ1) is 29.3. The van der Waals surface area contributed by atoms with Gasteiger partial charge >= 0.3 is 0 Å². The summed E-state index contributed by atoms with van der Waals surface area (Å²) < 4.78 is 7.36. The molecule has 0 unspecified atom stereocenters. The van der Waals surface area contributed by atoms with Crippen LogP contribution in [-0.2, 0) is 0 Å². The summed E-state index contributed by atoms with van der Waals surface area (Å²) in [6.07, 6.45) is 2.14. The third kappa shape index (κ3) is 3.56. The number of fused-ring (bicyclic) bond motifs is 20. The highest BCUT2D eigenvalue weighted by Crippen LogP contribution is 2.50. The normalized spacial score (nSPS) is 12.7. The smallest absolute Gasteiger partial charge is 0.146 e. The molecule has 0 aliphatic carbocycles. The lowest BCUT2D eigenvalue weighted by Gasteiger charge is -2.09. The van der Waals surface area contributed by atoms with Crippen molar-refractivity contribution in [2.24, 2.45) is 0 Å². The van der Waals surface area contributed by atoms with Gasteiger partial charge in [-0.25, -0.2) is 4.98 Å². The maximum Gasteiger partial charge on any atom is 0.146 e. The zero-order valence-corrected chi connectivity index (χ0v) is 31.6. The Labute approximate surface area is 335 Å². The molecule has 0 radical (unpaired) electrons. The van der Waals surface area contributed by atoms with Gasteiger partial charge in [0.25, 0.3) is 0 Å². The second-order valence-corrected chi connectivity index (χ2v) is 16.3. The second kappa shape index (κ2) is 10.5. The quantitative estimate of drug-likeness (QED) is 0.173. The van der Waals surface area contributed by atoms with E-state index in [1.165, 1.54) is 120 Å². The summed E-state index contributed by atoms with van der Waals surface area (Å²) in [5.74, 6) is 0. The monoisotopic (exact) mass is 746 g/mol. The molecule has 6 heterocycles. The Morgan fingerprint density at radius 1 is 0.339 bits per heavy atom. The van der Waals surface area contributed by atoms with Crippen molar-refractivity contribution < 1.29 is 0 Å². The SMILES string of the molecule is c1ccc(-n2c3ccccc3c3cc(-c4cccc5c6c7ccccc7cc7c8c9c%10cccc%11c%12c%13ccccc%13ccc%12n(c9cnc8n(c45)c76)c%11%10)ccc32)cc1. The van der Waals surface area contributed by atoms with E-state index in [1.54, 1.807) is 0 Å². The van der Waals surface area contributed by atoms with Gasteiger partial charge in [0.1, 0.15) is 5.65 Å². The van der Waals surface area contributed by atoms with Crippen molar-refractivity contribution >= 4 is 120 Å². The maximum absolute atomic E-state index is 5.50. The Kier molecular flexibility index (Phi) is 5.38. The molecule has 0 fully saturated rings. The number of benzene rings is 9. The van der Waals surface area contributed by atoms with Crippen molar-refractivity contribution in [2.45, 2.75) is 0 Å². The van der Waals surface area contributed by atoms with Crippen molar-refractivity contribution in [1.82, 2.24) is 18.4 Å². The summed E-state index contributed by atoms with van der Waals surface area (Å²) in [7, 11) is 0. The van der Waals surface area contributed by atoms with E-state index in [0.717, 1.165) is 16.9 Å². The van der Waals surface area contributed by atoms with Crippen LogP contribution in [0.4, 0.5) is 0 Å². The fourth-order valence-electron chi connectivity index (χ4n) is 11.2. The molecule has 0 spiro atoms. The summed E-state index contributed by atoms with van der Waals surface area (Å²) in [6, 6.07) is 64.9. The summed E-state index contributed by atoms with van der Waals surface area (Å²) in [6.45, 7) is 0. The van der Waals surface area contributed by atoms with Crippen LogP contribution in [0.3, 0.4) is 0 Å². The minimum absolute atomic E-state index is 1.00. The first-order valence-corrected chi connectivity index (χ1v) is 20.4. The van der Waals surface area contributed by atoms with Gasteiger partial charge in [-0.05, 0) is 69.6 Å². The third-order valence-corrected chi connectivity index (χ3v) is 13.5. The Hall–Kier alpha value is -7.95. The molecule has 270 valence electrons. The average Bonchev–Trinajstić information content (AvgIpc) is 4.09. The minimum Gasteiger partial charge on any atom is -0.309 e. The van der Waals surface area contributed by atoms with E-state index in [9.17, 15) is 0 Å². The van der Waals surface area contributed by atoms with Gasteiger partial charge in [0.2, 0.25) is 0 Å². The third-order valence-electron chi connectivity index (χ3n) is 13.5. The van der Waals surface area contributed by atoms with Crippen LogP contribution in [0, 0.1) is 0 Å². The summed E-state index contributed by atoms with van der Waals surface area (Å²) in [5, 5.41) is 17.7. The van der Waals surface area contributed by atoms with Crippen molar-refractivity contribution in [3.8, 4) is 16.8 Å². The molecule has 0 amide bonds. The van der Waals surface area contributed by atoms with Crippen molar-refractivity contribution in [3.63, 3.8) is 0 Å². The van der Waals surface area contributed by atoms with Crippen LogP contribution in [0.2, 0.25) is 0 Å². The predicted molar refractivity (Wildman–Crippen MR) is 248 cm³/mol. The van der Waals surface area contributed by atoms with Crippen molar-refractivity contribution in [2.75, 3.05) is 0 Å². The van der Waals surface area contributed by atoms with Crippen LogP contribution < -0.4 is 0 Å². The number of nitrogens with zero attached hydrogens (tertiary/aromatic N) is 4. The number of hydrogen-bond acceptors (Lipinski definition) is 1. The van der Waals surface area contributed by atoms with E-state index >= 15 is 0 Å². The van der Waals surface area contributed by atoms with Crippen LogP contribution in [-0.4, -0.2) is 18.4 Å². The standard InChI is InChI=1S/C55H30N4/c1-2-14-34(15-3-1)57-44-23-9-8-18-38(44)42-28-33(25-26-45(42)57)37-19-10-21-40-49-36-17-7-5-13-32(36)29-43-51-50-41-22-11-20-39-48-35-16-6-4-12-31(35)24-27-46(48)58(53(39)41)47(50)30-56-55(51)59(52(37)40)54(43)49/h1-30H. The highest BCUT2D eigenvalue weighted by Gasteiger charge is 2.27. The average molecular weight is 747 g/mol. The van der Waals surface area contributed by atoms with E-state index < -0.39 is 0 Å². The highest BCUT2D eigenvalue weighted by molar-refractivity contribution is 6.39. The van der Waals surface area contributed by atoms with Crippen LogP contribution >= 0.6 is 0 Å². The molecule has 0 aliphatic rings. The first kappa shape index (κ1) is 30.2. The molecule has 0 bridgehead atoms. The topological polar surface area (TPSA) is 26.6 Å². The van der Waals surface area contributed by atoms with Crippen molar-refractivity contribution in [1.29, 1.82) is 0 Å². The molecule has 0 aliphatic heterocycles. The molecular formula is C55H30N4. The Morgan fingerprint density at radius 2 is 1.00 bits per heavy atom. The zero-order valence-electron chi connectivity index (χ0n) is 31.6. The molecule has 0 saturated carbocycles. The van der Waals surface area contributed by atoms with Gasteiger partial charge in [0, 0.05) is 65.1 Å². The van der Waals surface area contributed by atoms with Gasteiger partial charge in [-0.3, -0.25) is 4.40 Å². The molecule has 59 heavy (non-hydrogen) atoms. The van der Waals surface area contributed by atoms with E-state index in [4.69, 9.17) is 4.98 Å². The van der Waals surface area contributed by atoms with Gasteiger partial charge in [-0.15, -0.1) is 0 Å². The van der Waals surface area contributed by atoms with Gasteiger partial charge in [0.15, 0.2) is 0 Å². The van der Waals surface area contributed by atoms with Gasteiger partial charge in [-0.1, -0.05) is 133 Å². The number of para-hydroxylation sites is 4. The van der Waals surface area contributed by atoms with E-state index in [-0.39, 0.29) is 0 Å². The van der Waals surface area contributed by atoms with E-state index in [2.05, 4.69) is 195 Å². The Morgan fingerprint density at radius 3 is 1.86 bits per heavy atom.